The summed E-state index contributed by atoms with van der Waals surface area (Å²) in [6.45, 7) is 2.48. The van der Waals surface area contributed by atoms with Crippen molar-refractivity contribution in [1.29, 1.82) is 0 Å². The van der Waals surface area contributed by atoms with Gasteiger partial charge >= 0.3 is 5.97 Å². The van der Waals surface area contributed by atoms with Crippen LogP contribution in [0.5, 0.6) is 0 Å². The molecule has 2 aromatic heterocycles. The number of rotatable bonds is 4. The maximum atomic E-state index is 11.8. The summed E-state index contributed by atoms with van der Waals surface area (Å²) in [7, 11) is 0. The number of amides is 1. The minimum atomic E-state index is -1.01. The molecule has 0 bridgehead atoms. The number of carboxylic acids is 1. The Balaban J connectivity index is 1.97. The van der Waals surface area contributed by atoms with Gasteiger partial charge in [-0.1, -0.05) is 0 Å². The molecular weight excluding hydrogens is 270 g/mol. The average molecular weight is 281 g/mol. The van der Waals surface area contributed by atoms with E-state index in [-0.39, 0.29) is 10.8 Å². The molecule has 0 aliphatic carbocycles. The van der Waals surface area contributed by atoms with Gasteiger partial charge in [0.15, 0.2) is 0 Å². The van der Waals surface area contributed by atoms with Crippen molar-refractivity contribution in [3.63, 3.8) is 0 Å². The van der Waals surface area contributed by atoms with Gasteiger partial charge < -0.3 is 10.4 Å². The first-order valence-corrected chi connectivity index (χ1v) is 6.86. The zero-order chi connectivity index (χ0) is 13.1. The van der Waals surface area contributed by atoms with Crippen molar-refractivity contribution >= 4 is 34.6 Å². The molecule has 0 aromatic carbocycles. The Morgan fingerprint density at radius 1 is 1.17 bits per heavy atom. The lowest BCUT2D eigenvalue weighted by atomic mass is 10.4. The van der Waals surface area contributed by atoms with Crippen molar-refractivity contribution in [3.8, 4) is 0 Å². The zero-order valence-electron chi connectivity index (χ0n) is 9.60. The van der Waals surface area contributed by atoms with Crippen molar-refractivity contribution < 1.29 is 14.7 Å². The van der Waals surface area contributed by atoms with Crippen LogP contribution in [0.3, 0.4) is 0 Å². The number of carbonyl (C=O) groups excluding carboxylic acids is 1. The highest BCUT2D eigenvalue weighted by atomic mass is 32.1. The van der Waals surface area contributed by atoms with Crippen molar-refractivity contribution in [2.45, 2.75) is 13.5 Å². The molecule has 2 rings (SSSR count). The standard InChI is InChI=1S/C12H11NO3S2/c1-7-2-3-8(17-7)6-13-11(14)9-4-5-10(18-9)12(15)16/h2-5H,6H2,1H3,(H,13,14)(H,15,16). The van der Waals surface area contributed by atoms with E-state index in [1.165, 1.54) is 17.0 Å². The largest absolute Gasteiger partial charge is 0.477 e. The predicted octanol–water partition coefficient (Wildman–Crippen LogP) is 2.75. The van der Waals surface area contributed by atoms with Crippen molar-refractivity contribution in [2.24, 2.45) is 0 Å². The molecule has 2 aromatic rings. The fourth-order valence-corrected chi connectivity index (χ4v) is 3.00. The van der Waals surface area contributed by atoms with Gasteiger partial charge in [-0.25, -0.2) is 4.79 Å². The van der Waals surface area contributed by atoms with Crippen LogP contribution >= 0.6 is 22.7 Å². The normalized spacial score (nSPS) is 10.3. The molecule has 0 saturated heterocycles. The molecule has 18 heavy (non-hydrogen) atoms. The summed E-state index contributed by atoms with van der Waals surface area (Å²) in [5.74, 6) is -1.24. The topological polar surface area (TPSA) is 66.4 Å². The quantitative estimate of drug-likeness (QED) is 0.905. The van der Waals surface area contributed by atoms with Crippen LogP contribution in [0.25, 0.3) is 0 Å². The Bertz CT molecular complexity index is 586. The van der Waals surface area contributed by atoms with Crippen LogP contribution in [-0.4, -0.2) is 17.0 Å². The Labute approximate surface area is 112 Å². The lowest BCUT2D eigenvalue weighted by molar-refractivity contribution is 0.0702. The molecule has 6 heteroatoms. The molecular formula is C12H11NO3S2. The first-order chi connectivity index (χ1) is 8.56. The van der Waals surface area contributed by atoms with Crippen LogP contribution in [0.4, 0.5) is 0 Å². The van der Waals surface area contributed by atoms with E-state index in [1.54, 1.807) is 11.3 Å². The van der Waals surface area contributed by atoms with E-state index in [2.05, 4.69) is 5.32 Å². The molecule has 0 unspecified atom stereocenters. The summed E-state index contributed by atoms with van der Waals surface area (Å²) in [6, 6.07) is 6.94. The van der Waals surface area contributed by atoms with Gasteiger partial charge in [-0.15, -0.1) is 22.7 Å². The van der Waals surface area contributed by atoms with E-state index in [4.69, 9.17) is 5.11 Å². The molecule has 1 amide bonds. The predicted molar refractivity (Wildman–Crippen MR) is 71.5 cm³/mol. The number of hydrogen-bond acceptors (Lipinski definition) is 4. The third-order valence-electron chi connectivity index (χ3n) is 2.26. The first kappa shape index (κ1) is 12.8. The molecule has 0 aliphatic heterocycles. The lowest BCUT2D eigenvalue weighted by Gasteiger charge is -2.00. The summed E-state index contributed by atoms with van der Waals surface area (Å²) in [5, 5.41) is 11.5. The third-order valence-corrected chi connectivity index (χ3v) is 4.33. The maximum Gasteiger partial charge on any atom is 0.345 e. The van der Waals surface area contributed by atoms with Crippen LogP contribution < -0.4 is 5.32 Å². The van der Waals surface area contributed by atoms with E-state index in [0.29, 0.717) is 11.4 Å². The van der Waals surface area contributed by atoms with E-state index >= 15 is 0 Å². The van der Waals surface area contributed by atoms with Gasteiger partial charge in [0.05, 0.1) is 11.4 Å². The second-order valence-corrected chi connectivity index (χ2v) is 6.12. The van der Waals surface area contributed by atoms with Gasteiger partial charge in [0.1, 0.15) is 4.88 Å². The summed E-state index contributed by atoms with van der Waals surface area (Å²) in [5.41, 5.74) is 0. The molecule has 0 fully saturated rings. The number of carboxylic acid groups (broad SMARTS) is 1. The minimum absolute atomic E-state index is 0.173. The van der Waals surface area contributed by atoms with Crippen molar-refractivity contribution in [1.82, 2.24) is 5.32 Å². The molecule has 0 aliphatic rings. The Morgan fingerprint density at radius 3 is 2.44 bits per heavy atom. The lowest BCUT2D eigenvalue weighted by Crippen LogP contribution is -2.21. The summed E-state index contributed by atoms with van der Waals surface area (Å²) < 4.78 is 0. The fourth-order valence-electron chi connectivity index (χ4n) is 1.41. The molecule has 0 spiro atoms. The molecule has 2 N–H and O–H groups in total. The van der Waals surface area contributed by atoms with Crippen molar-refractivity contribution in [3.05, 3.63) is 43.8 Å². The van der Waals surface area contributed by atoms with Crippen LogP contribution in [0.15, 0.2) is 24.3 Å². The maximum absolute atomic E-state index is 11.8. The Hall–Kier alpha value is -1.66. The highest BCUT2D eigenvalue weighted by molar-refractivity contribution is 7.15. The number of aromatic carboxylic acids is 1. The molecule has 0 atom stereocenters. The van der Waals surface area contributed by atoms with Gasteiger partial charge in [0.25, 0.3) is 5.91 Å². The Kier molecular flexibility index (Phi) is 3.78. The third kappa shape index (κ3) is 2.96. The Morgan fingerprint density at radius 2 is 1.89 bits per heavy atom. The minimum Gasteiger partial charge on any atom is -0.477 e. The molecule has 4 nitrogen and oxygen atoms in total. The average Bonchev–Trinajstić information content (AvgIpc) is 2.94. The SMILES string of the molecule is Cc1ccc(CNC(=O)c2ccc(C(=O)O)s2)s1. The number of carbonyl (C=O) groups is 2. The van der Waals surface area contributed by atoms with Gasteiger partial charge in [0.2, 0.25) is 0 Å². The van der Waals surface area contributed by atoms with Crippen LogP contribution in [-0.2, 0) is 6.54 Å². The summed E-state index contributed by atoms with van der Waals surface area (Å²) in [4.78, 5) is 25.3. The second-order valence-electron chi connectivity index (χ2n) is 3.66. The second kappa shape index (κ2) is 5.32. The fraction of sp³-hybridized carbons (Fsp3) is 0.167. The van der Waals surface area contributed by atoms with Gasteiger partial charge in [0, 0.05) is 9.75 Å². The van der Waals surface area contributed by atoms with Crippen molar-refractivity contribution in [2.75, 3.05) is 0 Å². The van der Waals surface area contributed by atoms with E-state index in [9.17, 15) is 9.59 Å². The van der Waals surface area contributed by atoms with E-state index in [1.807, 2.05) is 19.1 Å². The number of nitrogens with one attached hydrogen (secondary N) is 1. The molecule has 0 radical (unpaired) electrons. The van der Waals surface area contributed by atoms with Gasteiger partial charge in [-0.3, -0.25) is 4.79 Å². The summed E-state index contributed by atoms with van der Waals surface area (Å²) in [6.07, 6.45) is 0. The monoisotopic (exact) mass is 281 g/mol. The van der Waals surface area contributed by atoms with Crippen LogP contribution in [0, 0.1) is 6.92 Å². The van der Waals surface area contributed by atoms with Gasteiger partial charge in [-0.05, 0) is 31.2 Å². The molecule has 0 saturated carbocycles. The summed E-state index contributed by atoms with van der Waals surface area (Å²) >= 11 is 2.61. The van der Waals surface area contributed by atoms with Gasteiger partial charge in [-0.2, -0.15) is 0 Å². The first-order valence-electron chi connectivity index (χ1n) is 5.23. The number of hydrogen-bond donors (Lipinski definition) is 2. The molecule has 94 valence electrons. The van der Waals surface area contributed by atoms with Crippen LogP contribution in [0.2, 0.25) is 0 Å². The van der Waals surface area contributed by atoms with E-state index in [0.717, 1.165) is 16.2 Å². The number of aryl methyl sites for hydroxylation is 1. The highest BCUT2D eigenvalue weighted by Crippen LogP contribution is 2.17. The highest BCUT2D eigenvalue weighted by Gasteiger charge is 2.12. The molecule has 2 heterocycles. The van der Waals surface area contributed by atoms with Crippen LogP contribution in [0.1, 0.15) is 29.1 Å². The smallest absolute Gasteiger partial charge is 0.345 e. The zero-order valence-corrected chi connectivity index (χ0v) is 11.2. The number of thiophene rings is 2. The van der Waals surface area contributed by atoms with E-state index < -0.39 is 5.97 Å².